The molecule has 160 valence electrons. The quantitative estimate of drug-likeness (QED) is 0.323. The number of rotatable bonds is 6. The predicted octanol–water partition coefficient (Wildman–Crippen LogP) is 2.28. The smallest absolute Gasteiger partial charge is 0.309 e. The average Bonchev–Trinajstić information content (AvgIpc) is 2.72. The van der Waals surface area contributed by atoms with E-state index in [9.17, 15) is 22.8 Å². The van der Waals surface area contributed by atoms with Crippen LogP contribution in [-0.2, 0) is 14.3 Å². The molecule has 0 aromatic heterocycles. The number of carbonyl (C=O) groups excluding carboxylic acids is 2. The highest BCUT2D eigenvalue weighted by Gasteiger charge is 2.27. The summed E-state index contributed by atoms with van der Waals surface area (Å²) in [6.07, 6.45) is 1.21. The number of hydrogen-bond acceptors (Lipinski definition) is 4. The van der Waals surface area contributed by atoms with Crippen molar-refractivity contribution in [3.8, 4) is 0 Å². The zero-order valence-corrected chi connectivity index (χ0v) is 16.4. The highest BCUT2D eigenvalue weighted by Crippen LogP contribution is 2.20. The van der Waals surface area contributed by atoms with Crippen LogP contribution in [0.1, 0.15) is 26.7 Å². The summed E-state index contributed by atoms with van der Waals surface area (Å²) in [6.45, 7) is 5.34. The maximum Gasteiger partial charge on any atom is 0.309 e. The van der Waals surface area contributed by atoms with Gasteiger partial charge in [0.1, 0.15) is 6.54 Å². The van der Waals surface area contributed by atoms with Gasteiger partial charge in [-0.3, -0.25) is 9.59 Å². The van der Waals surface area contributed by atoms with Crippen LogP contribution in [0.4, 0.5) is 18.9 Å². The minimum Gasteiger partial charge on any atom is -0.466 e. The zero-order valence-electron chi connectivity index (χ0n) is 16.4. The van der Waals surface area contributed by atoms with Gasteiger partial charge < -0.3 is 20.3 Å². The molecule has 29 heavy (non-hydrogen) atoms. The summed E-state index contributed by atoms with van der Waals surface area (Å²) in [6, 6.07) is 1.68. The molecule has 1 fully saturated rings. The van der Waals surface area contributed by atoms with E-state index in [1.807, 2.05) is 11.8 Å². The summed E-state index contributed by atoms with van der Waals surface area (Å²) >= 11 is 0. The molecule has 1 heterocycles. The Hall–Kier alpha value is -2.78. The van der Waals surface area contributed by atoms with Crippen LogP contribution in [0.3, 0.4) is 0 Å². The van der Waals surface area contributed by atoms with Crippen LogP contribution in [0.5, 0.6) is 0 Å². The second-order valence-electron chi connectivity index (χ2n) is 6.45. The molecule has 10 heteroatoms. The molecule has 0 spiro atoms. The van der Waals surface area contributed by atoms with Crippen LogP contribution in [0, 0.1) is 23.4 Å². The lowest BCUT2D eigenvalue weighted by Crippen LogP contribution is -2.47. The third-order valence-electron chi connectivity index (χ3n) is 4.43. The topological polar surface area (TPSA) is 83.0 Å². The van der Waals surface area contributed by atoms with Crippen LogP contribution in [-0.4, -0.2) is 55.5 Å². The van der Waals surface area contributed by atoms with Gasteiger partial charge in [0.2, 0.25) is 5.91 Å². The molecule has 0 atom stereocenters. The lowest BCUT2D eigenvalue weighted by atomic mass is 9.97. The number of nitrogens with one attached hydrogen (secondary N) is 2. The summed E-state index contributed by atoms with van der Waals surface area (Å²) in [4.78, 5) is 30.0. The van der Waals surface area contributed by atoms with E-state index in [0.717, 1.165) is 12.1 Å². The van der Waals surface area contributed by atoms with Crippen molar-refractivity contribution in [2.24, 2.45) is 10.9 Å². The fraction of sp³-hybridized carbons (Fsp3) is 0.526. The molecule has 1 aromatic carbocycles. The van der Waals surface area contributed by atoms with Crippen LogP contribution < -0.4 is 10.6 Å². The van der Waals surface area contributed by atoms with E-state index >= 15 is 0 Å². The Morgan fingerprint density at radius 3 is 2.48 bits per heavy atom. The summed E-state index contributed by atoms with van der Waals surface area (Å²) in [5.74, 6) is -5.00. The molecule has 0 saturated carbocycles. The third-order valence-corrected chi connectivity index (χ3v) is 4.43. The predicted molar refractivity (Wildman–Crippen MR) is 102 cm³/mol. The number of nitrogens with zero attached hydrogens (tertiary/aromatic N) is 2. The second kappa shape index (κ2) is 10.7. The van der Waals surface area contributed by atoms with Crippen molar-refractivity contribution in [2.45, 2.75) is 26.7 Å². The minimum absolute atomic E-state index is 0.159. The van der Waals surface area contributed by atoms with Crippen molar-refractivity contribution in [2.75, 3.05) is 38.1 Å². The second-order valence-corrected chi connectivity index (χ2v) is 6.45. The maximum absolute atomic E-state index is 13.7. The van der Waals surface area contributed by atoms with Gasteiger partial charge in [-0.25, -0.2) is 18.2 Å². The minimum atomic E-state index is -1.65. The molecular weight excluding hydrogens is 389 g/mol. The van der Waals surface area contributed by atoms with E-state index in [-0.39, 0.29) is 18.4 Å². The van der Waals surface area contributed by atoms with Gasteiger partial charge in [0.15, 0.2) is 23.4 Å². The van der Waals surface area contributed by atoms with Gasteiger partial charge in [0, 0.05) is 19.6 Å². The number of ether oxygens (including phenoxy) is 1. The number of likely N-dealkylation sites (tertiary alicyclic amines) is 1. The summed E-state index contributed by atoms with van der Waals surface area (Å²) in [5.41, 5.74) is -0.454. The number of anilines is 1. The standard InChI is InChI=1S/C19H25F3N4O3/c1-3-23-19(26-9-7-12(8-10-26)18(28)29-4-2)24-11-15(27)25-14-6-5-13(20)16(21)17(14)22/h5-6,12H,3-4,7-11H2,1-2H3,(H,23,24)(H,25,27). The molecule has 1 aliphatic heterocycles. The molecule has 1 aromatic rings. The Morgan fingerprint density at radius 2 is 1.86 bits per heavy atom. The number of amides is 1. The number of benzene rings is 1. The van der Waals surface area contributed by atoms with E-state index in [4.69, 9.17) is 4.74 Å². The van der Waals surface area contributed by atoms with Crippen LogP contribution in [0.2, 0.25) is 0 Å². The number of hydrogen-bond donors (Lipinski definition) is 2. The Balaban J connectivity index is 1.96. The Morgan fingerprint density at radius 1 is 1.17 bits per heavy atom. The third kappa shape index (κ3) is 6.10. The van der Waals surface area contributed by atoms with E-state index in [2.05, 4.69) is 15.6 Å². The molecule has 0 aliphatic carbocycles. The van der Waals surface area contributed by atoms with Gasteiger partial charge in [-0.05, 0) is 38.8 Å². The van der Waals surface area contributed by atoms with E-state index < -0.39 is 29.0 Å². The summed E-state index contributed by atoms with van der Waals surface area (Å²) < 4.78 is 44.9. The molecule has 2 N–H and O–H groups in total. The maximum atomic E-state index is 13.7. The van der Waals surface area contributed by atoms with Crippen molar-refractivity contribution in [1.82, 2.24) is 10.2 Å². The van der Waals surface area contributed by atoms with Gasteiger partial charge in [-0.1, -0.05) is 0 Å². The fourth-order valence-electron chi connectivity index (χ4n) is 2.97. The van der Waals surface area contributed by atoms with Crippen molar-refractivity contribution >= 4 is 23.5 Å². The van der Waals surface area contributed by atoms with Crippen molar-refractivity contribution in [1.29, 1.82) is 0 Å². The van der Waals surface area contributed by atoms with Gasteiger partial charge in [0.25, 0.3) is 0 Å². The van der Waals surface area contributed by atoms with Crippen molar-refractivity contribution in [3.63, 3.8) is 0 Å². The van der Waals surface area contributed by atoms with Crippen LogP contribution >= 0.6 is 0 Å². The first-order valence-corrected chi connectivity index (χ1v) is 9.50. The number of esters is 1. The molecule has 7 nitrogen and oxygen atoms in total. The summed E-state index contributed by atoms with van der Waals surface area (Å²) in [5, 5.41) is 5.24. The monoisotopic (exact) mass is 414 g/mol. The lowest BCUT2D eigenvalue weighted by Gasteiger charge is -2.33. The van der Waals surface area contributed by atoms with Gasteiger partial charge >= 0.3 is 5.97 Å². The molecular formula is C19H25F3N4O3. The fourth-order valence-corrected chi connectivity index (χ4v) is 2.97. The Labute approximate surface area is 167 Å². The lowest BCUT2D eigenvalue weighted by molar-refractivity contribution is -0.149. The first-order chi connectivity index (χ1) is 13.9. The van der Waals surface area contributed by atoms with Crippen molar-refractivity contribution in [3.05, 3.63) is 29.6 Å². The number of halogens is 3. The van der Waals surface area contributed by atoms with E-state index in [1.54, 1.807) is 6.92 Å². The first-order valence-electron chi connectivity index (χ1n) is 9.50. The average molecular weight is 414 g/mol. The molecule has 0 bridgehead atoms. The zero-order chi connectivity index (χ0) is 21.4. The van der Waals surface area contributed by atoms with E-state index in [1.165, 1.54) is 0 Å². The molecule has 0 radical (unpaired) electrons. The number of aliphatic imine (C=N–C) groups is 1. The van der Waals surface area contributed by atoms with Crippen molar-refractivity contribution < 1.29 is 27.5 Å². The van der Waals surface area contributed by atoms with Gasteiger partial charge in [-0.2, -0.15) is 0 Å². The number of piperidine rings is 1. The highest BCUT2D eigenvalue weighted by molar-refractivity contribution is 5.94. The van der Waals surface area contributed by atoms with E-state index in [0.29, 0.717) is 45.0 Å². The normalized spacial score (nSPS) is 15.2. The Bertz CT molecular complexity index is 765. The highest BCUT2D eigenvalue weighted by atomic mass is 19.2. The summed E-state index contributed by atoms with van der Waals surface area (Å²) in [7, 11) is 0. The first kappa shape index (κ1) is 22.5. The van der Waals surface area contributed by atoms with Gasteiger partial charge in [0.05, 0.1) is 18.2 Å². The largest absolute Gasteiger partial charge is 0.466 e. The Kier molecular flexibility index (Phi) is 8.29. The number of carbonyl (C=O) groups is 2. The molecule has 1 aliphatic rings. The molecule has 1 amide bonds. The molecule has 1 saturated heterocycles. The number of guanidine groups is 1. The van der Waals surface area contributed by atoms with Crippen LogP contribution in [0.15, 0.2) is 17.1 Å². The van der Waals surface area contributed by atoms with Crippen LogP contribution in [0.25, 0.3) is 0 Å². The van der Waals surface area contributed by atoms with Gasteiger partial charge in [-0.15, -0.1) is 0 Å². The molecule has 2 rings (SSSR count). The molecule has 0 unspecified atom stereocenters. The SMILES string of the molecule is CCNC(=NCC(=O)Nc1ccc(F)c(F)c1F)N1CCC(C(=O)OCC)CC1.